The molecule has 152 valence electrons. The van der Waals surface area contributed by atoms with Gasteiger partial charge < -0.3 is 14.6 Å². The van der Waals surface area contributed by atoms with E-state index in [0.717, 1.165) is 46.0 Å². The van der Waals surface area contributed by atoms with E-state index >= 15 is 0 Å². The molecule has 5 heteroatoms. The Labute approximate surface area is 181 Å². The smallest absolute Gasteiger partial charge is 0.132 e. The van der Waals surface area contributed by atoms with Crippen LogP contribution in [-0.2, 0) is 6.54 Å². The Morgan fingerprint density at radius 3 is 2.48 bits per heavy atom. The standard InChI is InChI=1S/C26H22N4O/c1-31-23-11-9-22(10-12-23)29-26-15-25-21(17-28-26)14-24(20-8-5-13-27-16-20)30(25)18-19-6-3-2-4-7-19/h2-17H,18H2,1H3,(H,28,29). The molecule has 0 atom stereocenters. The van der Waals surface area contributed by atoms with E-state index in [1.807, 2.05) is 48.8 Å². The summed E-state index contributed by atoms with van der Waals surface area (Å²) >= 11 is 0. The highest BCUT2D eigenvalue weighted by Crippen LogP contribution is 2.30. The lowest BCUT2D eigenvalue weighted by atomic mass is 10.2. The number of anilines is 2. The lowest BCUT2D eigenvalue weighted by Gasteiger charge is -2.12. The maximum atomic E-state index is 5.24. The number of hydrogen-bond acceptors (Lipinski definition) is 4. The normalized spacial score (nSPS) is 10.9. The van der Waals surface area contributed by atoms with Gasteiger partial charge in [0, 0.05) is 47.8 Å². The van der Waals surface area contributed by atoms with Crippen LogP contribution in [0, 0.1) is 0 Å². The Morgan fingerprint density at radius 2 is 1.74 bits per heavy atom. The molecule has 0 fully saturated rings. The highest BCUT2D eigenvalue weighted by Gasteiger charge is 2.13. The van der Waals surface area contributed by atoms with Gasteiger partial charge >= 0.3 is 0 Å². The number of ether oxygens (including phenoxy) is 1. The van der Waals surface area contributed by atoms with Crippen molar-refractivity contribution in [2.45, 2.75) is 6.54 Å². The van der Waals surface area contributed by atoms with Crippen LogP contribution in [-0.4, -0.2) is 21.6 Å². The van der Waals surface area contributed by atoms with Crippen molar-refractivity contribution in [1.82, 2.24) is 14.5 Å². The fraction of sp³-hybridized carbons (Fsp3) is 0.0769. The second-order valence-corrected chi connectivity index (χ2v) is 7.32. The van der Waals surface area contributed by atoms with Crippen molar-refractivity contribution in [2.75, 3.05) is 12.4 Å². The molecule has 2 aromatic carbocycles. The van der Waals surface area contributed by atoms with Crippen LogP contribution in [0.15, 0.2) is 97.5 Å². The van der Waals surface area contributed by atoms with E-state index in [1.165, 1.54) is 5.56 Å². The van der Waals surface area contributed by atoms with Gasteiger partial charge in [-0.1, -0.05) is 30.3 Å². The fourth-order valence-electron chi connectivity index (χ4n) is 3.74. The molecule has 1 N–H and O–H groups in total. The number of fused-ring (bicyclic) bond motifs is 1. The summed E-state index contributed by atoms with van der Waals surface area (Å²) in [6.45, 7) is 0.764. The summed E-state index contributed by atoms with van der Waals surface area (Å²) in [5.41, 5.74) is 5.52. The van der Waals surface area contributed by atoms with Gasteiger partial charge in [0.25, 0.3) is 0 Å². The van der Waals surface area contributed by atoms with Gasteiger partial charge in [-0.05, 0) is 48.0 Å². The van der Waals surface area contributed by atoms with Crippen molar-refractivity contribution in [1.29, 1.82) is 0 Å². The molecule has 3 heterocycles. The zero-order chi connectivity index (χ0) is 21.0. The maximum Gasteiger partial charge on any atom is 0.132 e. The number of methoxy groups -OCH3 is 1. The summed E-state index contributed by atoms with van der Waals surface area (Å²) in [4.78, 5) is 8.94. The number of benzene rings is 2. The van der Waals surface area contributed by atoms with Gasteiger partial charge in [-0.3, -0.25) is 4.98 Å². The average molecular weight is 406 g/mol. The van der Waals surface area contributed by atoms with Crippen LogP contribution in [0.5, 0.6) is 5.75 Å². The molecule has 0 unspecified atom stereocenters. The molecule has 31 heavy (non-hydrogen) atoms. The Bertz CT molecular complexity index is 1300. The van der Waals surface area contributed by atoms with Crippen molar-refractivity contribution in [3.63, 3.8) is 0 Å². The summed E-state index contributed by atoms with van der Waals surface area (Å²) in [5.74, 6) is 1.62. The largest absolute Gasteiger partial charge is 0.497 e. The Morgan fingerprint density at radius 1 is 0.903 bits per heavy atom. The SMILES string of the molecule is COc1ccc(Nc2cc3c(cn2)cc(-c2cccnc2)n3Cc2ccccc2)cc1. The van der Waals surface area contributed by atoms with Gasteiger partial charge in [-0.25, -0.2) is 4.98 Å². The van der Waals surface area contributed by atoms with Crippen LogP contribution in [0.25, 0.3) is 22.2 Å². The second kappa shape index (κ2) is 8.32. The highest BCUT2D eigenvalue weighted by molar-refractivity contribution is 5.88. The van der Waals surface area contributed by atoms with Crippen molar-refractivity contribution in [2.24, 2.45) is 0 Å². The summed E-state index contributed by atoms with van der Waals surface area (Å²) < 4.78 is 7.56. The molecule has 0 spiro atoms. The van der Waals surface area contributed by atoms with Crippen molar-refractivity contribution < 1.29 is 4.74 Å². The molecule has 0 bridgehead atoms. The number of hydrogen-bond donors (Lipinski definition) is 1. The molecule has 0 saturated heterocycles. The van der Waals surface area contributed by atoms with Crippen LogP contribution in [0.2, 0.25) is 0 Å². The molecular weight excluding hydrogens is 384 g/mol. The third-order valence-corrected chi connectivity index (χ3v) is 5.29. The Hall–Kier alpha value is -4.12. The average Bonchev–Trinajstić information content (AvgIpc) is 3.18. The van der Waals surface area contributed by atoms with Gasteiger partial charge in [0.2, 0.25) is 0 Å². The Balaban J connectivity index is 1.57. The van der Waals surface area contributed by atoms with Gasteiger partial charge in [0.05, 0.1) is 18.3 Å². The fourth-order valence-corrected chi connectivity index (χ4v) is 3.74. The minimum atomic E-state index is 0.764. The van der Waals surface area contributed by atoms with Crippen LogP contribution >= 0.6 is 0 Å². The quantitative estimate of drug-likeness (QED) is 0.381. The zero-order valence-electron chi connectivity index (χ0n) is 17.2. The lowest BCUT2D eigenvalue weighted by molar-refractivity contribution is 0.415. The summed E-state index contributed by atoms with van der Waals surface area (Å²) in [6.07, 6.45) is 5.62. The molecule has 0 amide bonds. The Kier molecular flexibility index (Phi) is 5.07. The maximum absolute atomic E-state index is 5.24. The molecule has 5 nitrogen and oxygen atoms in total. The van der Waals surface area contributed by atoms with E-state index in [1.54, 1.807) is 13.3 Å². The molecule has 5 rings (SSSR count). The first-order valence-corrected chi connectivity index (χ1v) is 10.1. The minimum absolute atomic E-state index is 0.764. The third-order valence-electron chi connectivity index (χ3n) is 5.29. The van der Waals surface area contributed by atoms with Crippen molar-refractivity contribution in [3.05, 3.63) is 103 Å². The first kappa shape index (κ1) is 18.9. The van der Waals surface area contributed by atoms with E-state index < -0.39 is 0 Å². The summed E-state index contributed by atoms with van der Waals surface area (Å²) in [7, 11) is 1.67. The van der Waals surface area contributed by atoms with E-state index in [2.05, 4.69) is 62.3 Å². The van der Waals surface area contributed by atoms with Crippen molar-refractivity contribution in [3.8, 4) is 17.0 Å². The minimum Gasteiger partial charge on any atom is -0.497 e. The van der Waals surface area contributed by atoms with E-state index in [0.29, 0.717) is 0 Å². The molecule has 0 saturated carbocycles. The lowest BCUT2D eigenvalue weighted by Crippen LogP contribution is -2.02. The van der Waals surface area contributed by atoms with Gasteiger partial charge in [0.15, 0.2) is 0 Å². The first-order valence-electron chi connectivity index (χ1n) is 10.1. The number of aromatic nitrogens is 3. The van der Waals surface area contributed by atoms with Gasteiger partial charge in [-0.15, -0.1) is 0 Å². The predicted octanol–water partition coefficient (Wildman–Crippen LogP) is 5.90. The molecule has 0 aliphatic rings. The molecular formula is C26H22N4O. The van der Waals surface area contributed by atoms with Crippen LogP contribution < -0.4 is 10.1 Å². The van der Waals surface area contributed by atoms with E-state index in [-0.39, 0.29) is 0 Å². The van der Waals surface area contributed by atoms with Crippen LogP contribution in [0.3, 0.4) is 0 Å². The van der Waals surface area contributed by atoms with Crippen LogP contribution in [0.4, 0.5) is 11.5 Å². The van der Waals surface area contributed by atoms with Gasteiger partial charge in [0.1, 0.15) is 11.6 Å². The number of rotatable bonds is 6. The van der Waals surface area contributed by atoms with Crippen LogP contribution in [0.1, 0.15) is 5.56 Å². The second-order valence-electron chi connectivity index (χ2n) is 7.32. The predicted molar refractivity (Wildman–Crippen MR) is 125 cm³/mol. The van der Waals surface area contributed by atoms with Crippen molar-refractivity contribution >= 4 is 22.4 Å². The van der Waals surface area contributed by atoms with Gasteiger partial charge in [-0.2, -0.15) is 0 Å². The number of pyridine rings is 2. The summed E-state index contributed by atoms with van der Waals surface area (Å²) in [6, 6.07) is 26.6. The monoisotopic (exact) mass is 406 g/mol. The molecule has 0 aliphatic heterocycles. The highest BCUT2D eigenvalue weighted by atomic mass is 16.5. The zero-order valence-corrected chi connectivity index (χ0v) is 17.2. The third kappa shape index (κ3) is 3.98. The van der Waals surface area contributed by atoms with E-state index in [4.69, 9.17) is 4.74 Å². The molecule has 0 aliphatic carbocycles. The molecule has 5 aromatic rings. The van der Waals surface area contributed by atoms with E-state index in [9.17, 15) is 0 Å². The topological polar surface area (TPSA) is 52.0 Å². The number of nitrogens with one attached hydrogen (secondary N) is 1. The molecule has 0 radical (unpaired) electrons. The summed E-state index contributed by atoms with van der Waals surface area (Å²) in [5, 5.41) is 4.49. The molecule has 3 aromatic heterocycles. The number of nitrogens with zero attached hydrogens (tertiary/aromatic N) is 3. The first-order chi connectivity index (χ1) is 15.3.